The van der Waals surface area contributed by atoms with Gasteiger partial charge in [0, 0.05) is 31.3 Å². The summed E-state index contributed by atoms with van der Waals surface area (Å²) in [5, 5.41) is 11.0. The summed E-state index contributed by atoms with van der Waals surface area (Å²) in [4.78, 5) is 12.3. The summed E-state index contributed by atoms with van der Waals surface area (Å²) in [5.74, 6) is -0.458. The second kappa shape index (κ2) is 5.52. The van der Waals surface area contributed by atoms with E-state index in [2.05, 4.69) is 0 Å². The maximum absolute atomic E-state index is 13.3. The number of nitrogens with zero attached hydrogens (tertiary/aromatic N) is 2. The van der Waals surface area contributed by atoms with E-state index in [-0.39, 0.29) is 17.8 Å². The fourth-order valence-electron chi connectivity index (χ4n) is 2.62. The molecule has 2 N–H and O–H groups in total. The first-order chi connectivity index (χ1) is 8.99. The fraction of sp³-hybridized carbons (Fsp3) is 0.538. The molecule has 1 saturated carbocycles. The molecule has 5 nitrogen and oxygen atoms in total. The molecule has 0 aliphatic heterocycles. The second-order valence-electron chi connectivity index (χ2n) is 5.07. The van der Waals surface area contributed by atoms with E-state index in [0.717, 1.165) is 31.7 Å². The van der Waals surface area contributed by atoms with E-state index < -0.39 is 10.7 Å². The predicted molar refractivity (Wildman–Crippen MR) is 71.7 cm³/mol. The van der Waals surface area contributed by atoms with Crippen molar-refractivity contribution >= 4 is 11.4 Å². The third-order valence-corrected chi connectivity index (χ3v) is 3.80. The van der Waals surface area contributed by atoms with E-state index in [4.69, 9.17) is 5.73 Å². The van der Waals surface area contributed by atoms with Crippen molar-refractivity contribution < 1.29 is 9.31 Å². The molecule has 0 spiro atoms. The Labute approximate surface area is 111 Å². The molecule has 0 heterocycles. The van der Waals surface area contributed by atoms with Gasteiger partial charge in [-0.15, -0.1) is 0 Å². The van der Waals surface area contributed by atoms with Gasteiger partial charge in [0.1, 0.15) is 11.5 Å². The van der Waals surface area contributed by atoms with Crippen LogP contribution in [0.25, 0.3) is 0 Å². The molecule has 0 aromatic heterocycles. The predicted octanol–water partition coefficient (Wildman–Crippen LogP) is 2.44. The molecular formula is C13H18FN3O2. The van der Waals surface area contributed by atoms with Crippen LogP contribution in [0.4, 0.5) is 15.8 Å². The number of nitro groups is 1. The normalized spacial score (nSPS) is 23.1. The third kappa shape index (κ3) is 3.01. The first-order valence-electron chi connectivity index (χ1n) is 6.41. The number of anilines is 1. The maximum atomic E-state index is 13.3. The molecule has 0 unspecified atom stereocenters. The summed E-state index contributed by atoms with van der Waals surface area (Å²) < 4.78 is 13.3. The molecule has 19 heavy (non-hydrogen) atoms. The van der Waals surface area contributed by atoms with Gasteiger partial charge in [-0.1, -0.05) is 0 Å². The molecular weight excluding hydrogens is 249 g/mol. The minimum atomic E-state index is -0.472. The Kier molecular flexibility index (Phi) is 3.99. The van der Waals surface area contributed by atoms with Crippen LogP contribution in [0.5, 0.6) is 0 Å². The van der Waals surface area contributed by atoms with Crippen molar-refractivity contribution in [1.29, 1.82) is 0 Å². The highest BCUT2D eigenvalue weighted by atomic mass is 19.1. The molecule has 0 bridgehead atoms. The molecule has 1 aliphatic carbocycles. The standard InChI is InChI=1S/C13H18FN3O2/c1-16(11-5-3-10(15)4-6-11)13-8-9(14)2-7-12(13)17(18)19/h2,7-8,10-11H,3-6,15H2,1H3. The number of hydrogen-bond acceptors (Lipinski definition) is 4. The largest absolute Gasteiger partial charge is 0.366 e. The first kappa shape index (κ1) is 13.7. The molecule has 2 rings (SSSR count). The maximum Gasteiger partial charge on any atom is 0.292 e. The minimum absolute atomic E-state index is 0.0567. The van der Waals surface area contributed by atoms with Crippen molar-refractivity contribution in [3.63, 3.8) is 0 Å². The average Bonchev–Trinajstić information content (AvgIpc) is 2.38. The molecule has 0 amide bonds. The number of nitro benzene ring substituents is 1. The van der Waals surface area contributed by atoms with Crippen molar-refractivity contribution in [2.45, 2.75) is 37.8 Å². The Morgan fingerprint density at radius 2 is 2.00 bits per heavy atom. The molecule has 1 fully saturated rings. The number of rotatable bonds is 3. The van der Waals surface area contributed by atoms with Gasteiger partial charge in [-0.25, -0.2) is 4.39 Å². The lowest BCUT2D eigenvalue weighted by molar-refractivity contribution is -0.384. The zero-order chi connectivity index (χ0) is 14.0. The third-order valence-electron chi connectivity index (χ3n) is 3.80. The summed E-state index contributed by atoms with van der Waals surface area (Å²) in [6, 6.07) is 3.96. The summed E-state index contributed by atoms with van der Waals surface area (Å²) in [6.45, 7) is 0. The monoisotopic (exact) mass is 267 g/mol. The Hall–Kier alpha value is -1.69. The minimum Gasteiger partial charge on any atom is -0.366 e. The van der Waals surface area contributed by atoms with Crippen LogP contribution in [0.1, 0.15) is 25.7 Å². The average molecular weight is 267 g/mol. The van der Waals surface area contributed by atoms with E-state index in [1.807, 2.05) is 4.90 Å². The van der Waals surface area contributed by atoms with Crippen LogP contribution in [0.3, 0.4) is 0 Å². The van der Waals surface area contributed by atoms with Crippen molar-refractivity contribution in [2.24, 2.45) is 5.73 Å². The Morgan fingerprint density at radius 3 is 2.58 bits per heavy atom. The Balaban J connectivity index is 2.25. The first-order valence-corrected chi connectivity index (χ1v) is 6.41. The van der Waals surface area contributed by atoms with Crippen LogP contribution in [0, 0.1) is 15.9 Å². The summed E-state index contributed by atoms with van der Waals surface area (Å²) in [7, 11) is 1.78. The summed E-state index contributed by atoms with van der Waals surface area (Å²) in [6.07, 6.45) is 3.56. The van der Waals surface area contributed by atoms with Gasteiger partial charge < -0.3 is 10.6 Å². The van der Waals surface area contributed by atoms with Crippen LogP contribution in [-0.4, -0.2) is 24.1 Å². The van der Waals surface area contributed by atoms with Crippen LogP contribution in [0.15, 0.2) is 18.2 Å². The van der Waals surface area contributed by atoms with Gasteiger partial charge in [0.05, 0.1) is 4.92 Å². The van der Waals surface area contributed by atoms with Gasteiger partial charge in [-0.05, 0) is 31.7 Å². The van der Waals surface area contributed by atoms with E-state index >= 15 is 0 Å². The van der Waals surface area contributed by atoms with Crippen molar-refractivity contribution in [3.8, 4) is 0 Å². The highest BCUT2D eigenvalue weighted by molar-refractivity contribution is 5.63. The van der Waals surface area contributed by atoms with Gasteiger partial charge in [0.2, 0.25) is 0 Å². The molecule has 0 saturated heterocycles. The van der Waals surface area contributed by atoms with Crippen molar-refractivity contribution in [3.05, 3.63) is 34.1 Å². The fourth-order valence-corrected chi connectivity index (χ4v) is 2.62. The smallest absolute Gasteiger partial charge is 0.292 e. The zero-order valence-electron chi connectivity index (χ0n) is 10.9. The molecule has 104 valence electrons. The van der Waals surface area contributed by atoms with Gasteiger partial charge in [-0.3, -0.25) is 10.1 Å². The van der Waals surface area contributed by atoms with Crippen molar-refractivity contribution in [2.75, 3.05) is 11.9 Å². The highest BCUT2D eigenvalue weighted by Crippen LogP contribution is 2.32. The quantitative estimate of drug-likeness (QED) is 0.674. The van der Waals surface area contributed by atoms with Crippen molar-refractivity contribution in [1.82, 2.24) is 0 Å². The number of nitrogens with two attached hydrogens (primary N) is 1. The van der Waals surface area contributed by atoms with E-state index in [1.54, 1.807) is 7.05 Å². The molecule has 1 aromatic rings. The highest BCUT2D eigenvalue weighted by Gasteiger charge is 2.26. The number of benzene rings is 1. The number of hydrogen-bond donors (Lipinski definition) is 1. The van der Waals surface area contributed by atoms with Crippen LogP contribution >= 0.6 is 0 Å². The van der Waals surface area contributed by atoms with Gasteiger partial charge >= 0.3 is 0 Å². The topological polar surface area (TPSA) is 72.4 Å². The van der Waals surface area contributed by atoms with Crippen LogP contribution in [-0.2, 0) is 0 Å². The number of halogens is 1. The lowest BCUT2D eigenvalue weighted by Gasteiger charge is -2.34. The molecule has 0 radical (unpaired) electrons. The Bertz CT molecular complexity index is 473. The van der Waals surface area contributed by atoms with Gasteiger partial charge in [0.15, 0.2) is 0 Å². The molecule has 1 aromatic carbocycles. The lowest BCUT2D eigenvalue weighted by atomic mass is 9.90. The van der Waals surface area contributed by atoms with Gasteiger partial charge in [-0.2, -0.15) is 0 Å². The van der Waals surface area contributed by atoms with Gasteiger partial charge in [0.25, 0.3) is 5.69 Å². The van der Waals surface area contributed by atoms with E-state index in [1.165, 1.54) is 12.1 Å². The van der Waals surface area contributed by atoms with E-state index in [0.29, 0.717) is 5.69 Å². The zero-order valence-corrected chi connectivity index (χ0v) is 10.9. The molecule has 0 atom stereocenters. The van der Waals surface area contributed by atoms with E-state index in [9.17, 15) is 14.5 Å². The summed E-state index contributed by atoms with van der Waals surface area (Å²) >= 11 is 0. The lowest BCUT2D eigenvalue weighted by Crippen LogP contribution is -2.39. The van der Waals surface area contributed by atoms with Crippen LogP contribution < -0.4 is 10.6 Å². The Morgan fingerprint density at radius 1 is 1.37 bits per heavy atom. The summed E-state index contributed by atoms with van der Waals surface area (Å²) in [5.41, 5.74) is 6.13. The van der Waals surface area contributed by atoms with Crippen LogP contribution in [0.2, 0.25) is 0 Å². The molecule has 1 aliphatic rings. The molecule has 6 heteroatoms. The second-order valence-corrected chi connectivity index (χ2v) is 5.07. The SMILES string of the molecule is CN(c1cc(F)ccc1[N+](=O)[O-])C1CCC(N)CC1.